The smallest absolute Gasteiger partial charge is 0.320 e. The van der Waals surface area contributed by atoms with E-state index in [1.54, 1.807) is 38.5 Å². The summed E-state index contributed by atoms with van der Waals surface area (Å²) in [5.41, 5.74) is 14.6. The predicted octanol–water partition coefficient (Wildman–Crippen LogP) is 1.51. The Labute approximate surface area is 204 Å². The number of carboxylic acid groups (broad SMARTS) is 1. The van der Waals surface area contributed by atoms with Crippen LogP contribution < -0.4 is 26.4 Å². The van der Waals surface area contributed by atoms with Gasteiger partial charge in [-0.15, -0.1) is 0 Å². The Morgan fingerprint density at radius 2 is 1.86 bits per heavy atom. The molecule has 0 bridgehead atoms. The highest BCUT2D eigenvalue weighted by Crippen LogP contribution is 2.31. The summed E-state index contributed by atoms with van der Waals surface area (Å²) in [6, 6.07) is 11.3. The molecule has 188 valence electrons. The van der Waals surface area contributed by atoms with E-state index in [1.807, 2.05) is 18.2 Å². The number of nitrogens with one attached hydrogen (secondary N) is 1. The van der Waals surface area contributed by atoms with Crippen LogP contribution in [-0.2, 0) is 22.5 Å². The average Bonchev–Trinajstić information content (AvgIpc) is 2.87. The molecule has 0 spiro atoms. The van der Waals surface area contributed by atoms with Gasteiger partial charge < -0.3 is 36.3 Å². The van der Waals surface area contributed by atoms with Gasteiger partial charge in [0.1, 0.15) is 11.8 Å². The van der Waals surface area contributed by atoms with Crippen LogP contribution in [0.15, 0.2) is 47.5 Å². The van der Waals surface area contributed by atoms with Gasteiger partial charge in [-0.2, -0.15) is 4.99 Å². The van der Waals surface area contributed by atoms with Gasteiger partial charge in [-0.1, -0.05) is 18.2 Å². The molecule has 2 aromatic rings. The van der Waals surface area contributed by atoms with E-state index in [-0.39, 0.29) is 18.5 Å². The largest absolute Gasteiger partial charge is 0.496 e. The minimum absolute atomic E-state index is 0.0121. The highest BCUT2D eigenvalue weighted by atomic mass is 16.5. The number of piperidine rings is 1. The molecule has 6 N–H and O–H groups in total. The molecule has 1 fully saturated rings. The van der Waals surface area contributed by atoms with Gasteiger partial charge in [-0.25, -0.2) is 0 Å². The quantitative estimate of drug-likeness (QED) is 0.307. The number of anilines is 1. The zero-order chi connectivity index (χ0) is 25.4. The second kappa shape index (κ2) is 12.2. The van der Waals surface area contributed by atoms with Crippen molar-refractivity contribution in [1.29, 1.82) is 0 Å². The lowest BCUT2D eigenvalue weighted by molar-refractivity contribution is -0.138. The van der Waals surface area contributed by atoms with Crippen LogP contribution in [-0.4, -0.2) is 62.4 Å². The number of guanidine groups is 1. The van der Waals surface area contributed by atoms with Gasteiger partial charge in [0.2, 0.25) is 0 Å². The van der Waals surface area contributed by atoms with E-state index >= 15 is 0 Å². The van der Waals surface area contributed by atoms with Crippen LogP contribution in [0.3, 0.4) is 0 Å². The number of amides is 1. The fraction of sp³-hybridized carbons (Fsp3) is 0.400. The first-order chi connectivity index (χ1) is 16.8. The van der Waals surface area contributed by atoms with Crippen LogP contribution in [0, 0.1) is 0 Å². The zero-order valence-electron chi connectivity index (χ0n) is 20.1. The number of nitrogens with two attached hydrogens (primary N) is 2. The Balaban J connectivity index is 1.66. The van der Waals surface area contributed by atoms with Gasteiger partial charge in [-0.3, -0.25) is 9.59 Å². The molecule has 2 aromatic carbocycles. The first-order valence-electron chi connectivity index (χ1n) is 11.5. The number of hydrogen-bond acceptors (Lipinski definition) is 6. The monoisotopic (exact) mass is 483 g/mol. The number of methoxy groups -OCH3 is 2. The second-order valence-corrected chi connectivity index (χ2v) is 8.38. The van der Waals surface area contributed by atoms with Gasteiger partial charge in [-0.05, 0) is 49.1 Å². The number of nitrogens with zero attached hydrogens (tertiary/aromatic N) is 2. The SMILES string of the molecule is COc1cccc(N2CCC(OC)CC2)c1CN/C(N)=N/C(=O)c1ccc(C[C@H](N)C(=O)O)cc1. The molecule has 0 aromatic heterocycles. The number of ether oxygens (including phenoxy) is 2. The number of rotatable bonds is 9. The number of hydrogen-bond donors (Lipinski definition) is 4. The molecule has 35 heavy (non-hydrogen) atoms. The maximum Gasteiger partial charge on any atom is 0.320 e. The Morgan fingerprint density at radius 3 is 2.46 bits per heavy atom. The Bertz CT molecular complexity index is 1050. The first-order valence-corrected chi connectivity index (χ1v) is 11.5. The molecule has 0 unspecified atom stereocenters. The minimum atomic E-state index is -1.08. The molecular weight excluding hydrogens is 450 g/mol. The van der Waals surface area contributed by atoms with E-state index in [9.17, 15) is 9.59 Å². The van der Waals surface area contributed by atoms with Crippen molar-refractivity contribution in [3.05, 3.63) is 59.2 Å². The number of carboxylic acids is 1. The van der Waals surface area contributed by atoms with Crippen molar-refractivity contribution in [2.45, 2.75) is 38.0 Å². The molecule has 1 saturated heterocycles. The number of carbonyl (C=O) groups excluding carboxylic acids is 1. The predicted molar refractivity (Wildman–Crippen MR) is 134 cm³/mol. The molecule has 1 aliphatic rings. The lowest BCUT2D eigenvalue weighted by Gasteiger charge is -2.34. The topological polar surface area (TPSA) is 152 Å². The van der Waals surface area contributed by atoms with E-state index in [0.717, 1.165) is 42.9 Å². The highest BCUT2D eigenvalue weighted by Gasteiger charge is 2.22. The standard InChI is InChI=1S/C25H33N5O5/c1-34-18-10-12-30(13-11-18)21-4-3-5-22(35-2)19(21)15-28-25(27)29-23(31)17-8-6-16(7-9-17)14-20(26)24(32)33/h3-9,18,20H,10-15,26H2,1-2H3,(H,32,33)(H3,27,28,29,31)/t20-/m0/s1. The molecule has 1 heterocycles. The van der Waals surface area contributed by atoms with Gasteiger partial charge in [0.25, 0.3) is 5.91 Å². The van der Waals surface area contributed by atoms with E-state index in [4.69, 9.17) is 26.0 Å². The van der Waals surface area contributed by atoms with Crippen LogP contribution in [0.2, 0.25) is 0 Å². The average molecular weight is 484 g/mol. The van der Waals surface area contributed by atoms with Crippen molar-refractivity contribution < 1.29 is 24.2 Å². The summed E-state index contributed by atoms with van der Waals surface area (Å²) in [5, 5.41) is 11.9. The van der Waals surface area contributed by atoms with Crippen LogP contribution in [0.1, 0.15) is 34.3 Å². The minimum Gasteiger partial charge on any atom is -0.496 e. The molecule has 1 aliphatic heterocycles. The lowest BCUT2D eigenvalue weighted by Crippen LogP contribution is -2.38. The Hall–Kier alpha value is -3.63. The van der Waals surface area contributed by atoms with Crippen molar-refractivity contribution in [3.63, 3.8) is 0 Å². The third-order valence-corrected chi connectivity index (χ3v) is 6.09. The van der Waals surface area contributed by atoms with E-state index in [2.05, 4.69) is 15.2 Å². The molecule has 0 aliphatic carbocycles. The molecule has 1 atom stereocenters. The fourth-order valence-electron chi connectivity index (χ4n) is 4.07. The Kier molecular flexibility index (Phi) is 9.04. The summed E-state index contributed by atoms with van der Waals surface area (Å²) < 4.78 is 11.0. The van der Waals surface area contributed by atoms with Crippen LogP contribution in [0.5, 0.6) is 5.75 Å². The Morgan fingerprint density at radius 1 is 1.17 bits per heavy atom. The summed E-state index contributed by atoms with van der Waals surface area (Å²) in [4.78, 5) is 29.7. The van der Waals surface area contributed by atoms with Crippen molar-refractivity contribution in [3.8, 4) is 5.75 Å². The van der Waals surface area contributed by atoms with Crippen molar-refractivity contribution in [2.75, 3.05) is 32.2 Å². The summed E-state index contributed by atoms with van der Waals surface area (Å²) in [6.07, 6.45) is 2.33. The van der Waals surface area contributed by atoms with Crippen molar-refractivity contribution in [2.24, 2.45) is 16.5 Å². The summed E-state index contributed by atoms with van der Waals surface area (Å²) >= 11 is 0. The number of aliphatic imine (C=N–C) groups is 1. The van der Waals surface area contributed by atoms with Gasteiger partial charge in [0, 0.05) is 43.6 Å². The summed E-state index contributed by atoms with van der Waals surface area (Å²) in [6.45, 7) is 2.07. The molecular formula is C25H33N5O5. The van der Waals surface area contributed by atoms with E-state index in [0.29, 0.717) is 17.7 Å². The van der Waals surface area contributed by atoms with Crippen molar-refractivity contribution in [1.82, 2.24) is 5.32 Å². The van der Waals surface area contributed by atoms with E-state index < -0.39 is 17.9 Å². The number of aliphatic carboxylic acids is 1. The first kappa shape index (κ1) is 26.0. The summed E-state index contributed by atoms with van der Waals surface area (Å²) in [7, 11) is 3.36. The molecule has 0 saturated carbocycles. The molecule has 3 rings (SSSR count). The maximum atomic E-state index is 12.5. The van der Waals surface area contributed by atoms with E-state index in [1.165, 1.54) is 0 Å². The maximum absolute atomic E-state index is 12.5. The third-order valence-electron chi connectivity index (χ3n) is 6.09. The fourth-order valence-corrected chi connectivity index (χ4v) is 4.07. The van der Waals surface area contributed by atoms with Crippen molar-refractivity contribution >= 4 is 23.5 Å². The normalized spacial score (nSPS) is 15.5. The highest BCUT2D eigenvalue weighted by molar-refractivity contribution is 6.02. The second-order valence-electron chi connectivity index (χ2n) is 8.38. The zero-order valence-corrected chi connectivity index (χ0v) is 20.1. The van der Waals surface area contributed by atoms with Gasteiger partial charge >= 0.3 is 5.97 Å². The third kappa shape index (κ3) is 6.93. The molecule has 10 heteroatoms. The molecule has 10 nitrogen and oxygen atoms in total. The van der Waals surface area contributed by atoms with Crippen LogP contribution >= 0.6 is 0 Å². The van der Waals surface area contributed by atoms with Gasteiger partial charge in [0.05, 0.1) is 13.2 Å². The van der Waals surface area contributed by atoms with Crippen LogP contribution in [0.25, 0.3) is 0 Å². The molecule has 1 amide bonds. The van der Waals surface area contributed by atoms with Gasteiger partial charge in [0.15, 0.2) is 5.96 Å². The van der Waals surface area contributed by atoms with Crippen LogP contribution in [0.4, 0.5) is 5.69 Å². The number of benzene rings is 2. The summed E-state index contributed by atoms with van der Waals surface area (Å²) in [5.74, 6) is -0.877. The number of carbonyl (C=O) groups is 2. The lowest BCUT2D eigenvalue weighted by atomic mass is 10.0. The molecule has 0 radical (unpaired) electrons.